The summed E-state index contributed by atoms with van der Waals surface area (Å²) in [5.74, 6) is 0.888. The lowest BCUT2D eigenvalue weighted by molar-refractivity contribution is 0.878. The van der Waals surface area contributed by atoms with Gasteiger partial charge in [-0.15, -0.1) is 10.2 Å². The second-order valence-electron chi connectivity index (χ2n) is 3.43. The van der Waals surface area contributed by atoms with Crippen molar-refractivity contribution in [2.24, 2.45) is 0 Å². The summed E-state index contributed by atoms with van der Waals surface area (Å²) < 4.78 is 1.96. The summed E-state index contributed by atoms with van der Waals surface area (Å²) in [5.41, 5.74) is 1.06. The van der Waals surface area contributed by atoms with Crippen LogP contribution in [0.4, 0.5) is 0 Å². The number of nitriles is 1. The van der Waals surface area contributed by atoms with Crippen molar-refractivity contribution in [3.8, 4) is 11.8 Å². The van der Waals surface area contributed by atoms with Crippen LogP contribution < -0.4 is 0 Å². The summed E-state index contributed by atoms with van der Waals surface area (Å²) in [4.78, 5) is 0. The first-order valence-electron chi connectivity index (χ1n) is 5.37. The molecule has 2 rings (SSSR count). The molecule has 0 unspecified atom stereocenters. The highest BCUT2D eigenvalue weighted by Gasteiger charge is 2.05. The molecule has 0 amide bonds. The minimum atomic E-state index is 0.590. The number of unbranched alkanes of at least 4 members (excludes halogenated alkanes) is 1. The summed E-state index contributed by atoms with van der Waals surface area (Å²) in [6.45, 7) is 0. The molecule has 86 valence electrons. The van der Waals surface area contributed by atoms with Crippen LogP contribution in [-0.4, -0.2) is 20.5 Å². The largest absolute Gasteiger partial charge is 0.277 e. The standard InChI is InChI=1S/C12H12N4S/c13-8-4-5-9-17-12-15-14-10-16(12)11-6-2-1-3-7-11/h1-3,6-7,10H,4-5,9H2. The summed E-state index contributed by atoms with van der Waals surface area (Å²) in [6, 6.07) is 12.1. The van der Waals surface area contributed by atoms with Crippen molar-refractivity contribution in [2.75, 3.05) is 5.75 Å². The van der Waals surface area contributed by atoms with E-state index in [9.17, 15) is 0 Å². The Labute approximate surface area is 104 Å². The first kappa shape index (κ1) is 11.7. The minimum absolute atomic E-state index is 0.590. The van der Waals surface area contributed by atoms with E-state index in [4.69, 9.17) is 5.26 Å². The van der Waals surface area contributed by atoms with E-state index < -0.39 is 0 Å². The lowest BCUT2D eigenvalue weighted by Crippen LogP contribution is -1.95. The monoisotopic (exact) mass is 244 g/mol. The molecule has 0 saturated carbocycles. The molecule has 0 radical (unpaired) electrons. The predicted octanol–water partition coefficient (Wildman–Crippen LogP) is 2.66. The molecule has 1 heterocycles. The van der Waals surface area contributed by atoms with Crippen LogP contribution in [0.1, 0.15) is 12.8 Å². The van der Waals surface area contributed by atoms with Gasteiger partial charge in [0.2, 0.25) is 0 Å². The molecular weight excluding hydrogens is 232 g/mol. The second-order valence-corrected chi connectivity index (χ2v) is 4.49. The highest BCUT2D eigenvalue weighted by molar-refractivity contribution is 7.99. The number of hydrogen-bond donors (Lipinski definition) is 0. The average Bonchev–Trinajstić information content (AvgIpc) is 2.84. The van der Waals surface area contributed by atoms with Crippen LogP contribution in [0.25, 0.3) is 5.69 Å². The molecule has 0 aliphatic rings. The average molecular weight is 244 g/mol. The Kier molecular flexibility index (Phi) is 4.17. The van der Waals surface area contributed by atoms with Gasteiger partial charge in [-0.25, -0.2) is 0 Å². The van der Waals surface area contributed by atoms with Gasteiger partial charge < -0.3 is 0 Å². The van der Waals surface area contributed by atoms with Gasteiger partial charge in [0.05, 0.1) is 6.07 Å². The SMILES string of the molecule is N#CCCCSc1nncn1-c1ccccc1. The van der Waals surface area contributed by atoms with Crippen molar-refractivity contribution >= 4 is 11.8 Å². The highest BCUT2D eigenvalue weighted by Crippen LogP contribution is 2.20. The number of nitrogens with zero attached hydrogens (tertiary/aromatic N) is 4. The lowest BCUT2D eigenvalue weighted by Gasteiger charge is -2.04. The maximum Gasteiger partial charge on any atom is 0.195 e. The molecule has 0 spiro atoms. The molecule has 0 bridgehead atoms. The zero-order valence-electron chi connectivity index (χ0n) is 9.28. The Hall–Kier alpha value is -1.80. The fourth-order valence-corrected chi connectivity index (χ4v) is 2.27. The van der Waals surface area contributed by atoms with Gasteiger partial charge in [-0.3, -0.25) is 4.57 Å². The van der Waals surface area contributed by atoms with E-state index in [1.54, 1.807) is 18.1 Å². The number of aromatic nitrogens is 3. The van der Waals surface area contributed by atoms with Crippen molar-refractivity contribution < 1.29 is 0 Å². The number of hydrogen-bond acceptors (Lipinski definition) is 4. The minimum Gasteiger partial charge on any atom is -0.277 e. The van der Waals surface area contributed by atoms with Gasteiger partial charge in [0.15, 0.2) is 5.16 Å². The molecule has 5 heteroatoms. The Balaban J connectivity index is 2.05. The third-order valence-electron chi connectivity index (χ3n) is 2.21. The van der Waals surface area contributed by atoms with E-state index in [0.717, 1.165) is 23.0 Å². The molecule has 17 heavy (non-hydrogen) atoms. The molecule has 0 aliphatic carbocycles. The predicted molar refractivity (Wildman–Crippen MR) is 66.9 cm³/mol. The van der Waals surface area contributed by atoms with Crippen LogP contribution in [0, 0.1) is 11.3 Å². The molecule has 0 atom stereocenters. The summed E-state index contributed by atoms with van der Waals surface area (Å²) in [6.07, 6.45) is 3.18. The summed E-state index contributed by atoms with van der Waals surface area (Å²) in [5, 5.41) is 17.3. The number of rotatable bonds is 5. The Morgan fingerprint density at radius 1 is 1.29 bits per heavy atom. The molecule has 0 aliphatic heterocycles. The van der Waals surface area contributed by atoms with E-state index in [0.29, 0.717) is 6.42 Å². The number of benzene rings is 1. The van der Waals surface area contributed by atoms with Gasteiger partial charge in [-0.05, 0) is 18.6 Å². The lowest BCUT2D eigenvalue weighted by atomic mass is 10.3. The van der Waals surface area contributed by atoms with Gasteiger partial charge in [0, 0.05) is 17.9 Å². The molecule has 0 saturated heterocycles. The van der Waals surface area contributed by atoms with Crippen LogP contribution in [0.5, 0.6) is 0 Å². The molecule has 0 N–H and O–H groups in total. The molecule has 2 aromatic rings. The maximum atomic E-state index is 8.46. The summed E-state index contributed by atoms with van der Waals surface area (Å²) in [7, 11) is 0. The first-order chi connectivity index (χ1) is 8.42. The van der Waals surface area contributed by atoms with E-state index >= 15 is 0 Å². The normalized spacial score (nSPS) is 10.1. The van der Waals surface area contributed by atoms with Gasteiger partial charge in [-0.1, -0.05) is 30.0 Å². The van der Waals surface area contributed by atoms with Crippen LogP contribution in [0.15, 0.2) is 41.8 Å². The first-order valence-corrected chi connectivity index (χ1v) is 6.35. The molecule has 1 aromatic heterocycles. The van der Waals surface area contributed by atoms with Crippen LogP contribution >= 0.6 is 11.8 Å². The van der Waals surface area contributed by atoms with Gasteiger partial charge in [0.1, 0.15) is 6.33 Å². The maximum absolute atomic E-state index is 8.46. The van der Waals surface area contributed by atoms with Crippen LogP contribution in [0.2, 0.25) is 0 Å². The van der Waals surface area contributed by atoms with E-state index in [1.165, 1.54) is 0 Å². The van der Waals surface area contributed by atoms with Crippen molar-refractivity contribution in [1.82, 2.24) is 14.8 Å². The Morgan fingerprint density at radius 2 is 2.12 bits per heavy atom. The van der Waals surface area contributed by atoms with Crippen LogP contribution in [-0.2, 0) is 0 Å². The van der Waals surface area contributed by atoms with Crippen molar-refractivity contribution in [1.29, 1.82) is 5.26 Å². The second kappa shape index (κ2) is 6.06. The Morgan fingerprint density at radius 3 is 2.88 bits per heavy atom. The topological polar surface area (TPSA) is 54.5 Å². The zero-order valence-corrected chi connectivity index (χ0v) is 10.1. The van der Waals surface area contributed by atoms with E-state index in [2.05, 4.69) is 16.3 Å². The molecule has 0 fully saturated rings. The quantitative estimate of drug-likeness (QED) is 0.599. The fraction of sp³-hybridized carbons (Fsp3) is 0.250. The van der Waals surface area contributed by atoms with E-state index in [1.807, 2.05) is 34.9 Å². The highest BCUT2D eigenvalue weighted by atomic mass is 32.2. The Bertz CT molecular complexity index is 501. The molecular formula is C12H12N4S. The molecule has 4 nitrogen and oxygen atoms in total. The summed E-state index contributed by atoms with van der Waals surface area (Å²) >= 11 is 1.63. The third kappa shape index (κ3) is 3.08. The van der Waals surface area contributed by atoms with Gasteiger partial charge in [0.25, 0.3) is 0 Å². The van der Waals surface area contributed by atoms with Crippen molar-refractivity contribution in [3.63, 3.8) is 0 Å². The van der Waals surface area contributed by atoms with Crippen molar-refractivity contribution in [3.05, 3.63) is 36.7 Å². The zero-order chi connectivity index (χ0) is 11.9. The molecule has 1 aromatic carbocycles. The van der Waals surface area contributed by atoms with Crippen LogP contribution in [0.3, 0.4) is 0 Å². The van der Waals surface area contributed by atoms with Crippen molar-refractivity contribution in [2.45, 2.75) is 18.0 Å². The van der Waals surface area contributed by atoms with Gasteiger partial charge >= 0.3 is 0 Å². The number of para-hydroxylation sites is 1. The van der Waals surface area contributed by atoms with Gasteiger partial charge in [-0.2, -0.15) is 5.26 Å². The smallest absolute Gasteiger partial charge is 0.195 e. The fourth-order valence-electron chi connectivity index (χ4n) is 1.40. The third-order valence-corrected chi connectivity index (χ3v) is 3.24. The number of thioether (sulfide) groups is 1. The van der Waals surface area contributed by atoms with E-state index in [-0.39, 0.29) is 0 Å².